The van der Waals surface area contributed by atoms with Crippen molar-refractivity contribution in [2.75, 3.05) is 0 Å². The summed E-state index contributed by atoms with van der Waals surface area (Å²) in [6.45, 7) is 0.446. The zero-order valence-corrected chi connectivity index (χ0v) is 17.3. The second kappa shape index (κ2) is 9.56. The molecule has 1 aliphatic carbocycles. The minimum absolute atomic E-state index is 0.00760. The van der Waals surface area contributed by atoms with Crippen LogP contribution in [0.15, 0.2) is 53.4 Å². The summed E-state index contributed by atoms with van der Waals surface area (Å²) in [5, 5.41) is 5.52. The smallest absolute Gasteiger partial charge is 0.315 e. The number of halogens is 2. The summed E-state index contributed by atoms with van der Waals surface area (Å²) < 4.78 is 40.8. The highest BCUT2D eigenvalue weighted by molar-refractivity contribution is 7.89. The van der Waals surface area contributed by atoms with Crippen LogP contribution in [0.1, 0.15) is 31.2 Å². The molecule has 3 rings (SSSR count). The Bertz CT molecular complexity index is 949. The highest BCUT2D eigenvalue weighted by Gasteiger charge is 2.26. The molecule has 0 heterocycles. The topological polar surface area (TPSA) is 87.3 Å². The standard InChI is InChI=1S/C20H23ClFN3O3S/c21-18-12-17(10-11-19(18)22)29(27,28)25-16-8-6-15(7-9-16)24-20(26)23-13-14-4-2-1-3-5-14/h1-5,10-12,15-16,25H,6-9,13H2,(H2,23,24,26). The van der Waals surface area contributed by atoms with Crippen molar-refractivity contribution in [3.63, 3.8) is 0 Å². The Hall–Kier alpha value is -2.16. The molecule has 0 unspecified atom stereocenters. The fraction of sp³-hybridized carbons (Fsp3) is 0.350. The molecule has 0 atom stereocenters. The predicted molar refractivity (Wildman–Crippen MR) is 110 cm³/mol. The fourth-order valence-corrected chi connectivity index (χ4v) is 4.88. The Morgan fingerprint density at radius 3 is 2.34 bits per heavy atom. The number of hydrogen-bond donors (Lipinski definition) is 3. The van der Waals surface area contributed by atoms with Crippen molar-refractivity contribution < 1.29 is 17.6 Å². The number of sulfonamides is 1. The van der Waals surface area contributed by atoms with Crippen LogP contribution in [-0.2, 0) is 16.6 Å². The predicted octanol–water partition coefficient (Wildman–Crippen LogP) is 3.57. The molecule has 0 aromatic heterocycles. The minimum atomic E-state index is -3.78. The molecule has 0 saturated heterocycles. The van der Waals surface area contributed by atoms with Crippen molar-refractivity contribution >= 4 is 27.7 Å². The Balaban J connectivity index is 1.45. The molecule has 3 N–H and O–H groups in total. The molecular formula is C20H23ClFN3O3S. The third kappa shape index (κ3) is 6.16. The van der Waals surface area contributed by atoms with Crippen LogP contribution in [0, 0.1) is 5.82 Å². The summed E-state index contributed by atoms with van der Waals surface area (Å²) in [4.78, 5) is 12.0. The molecule has 29 heavy (non-hydrogen) atoms. The largest absolute Gasteiger partial charge is 0.335 e. The van der Waals surface area contributed by atoms with Gasteiger partial charge in [-0.1, -0.05) is 41.9 Å². The van der Waals surface area contributed by atoms with E-state index in [9.17, 15) is 17.6 Å². The molecule has 6 nitrogen and oxygen atoms in total. The van der Waals surface area contributed by atoms with Crippen molar-refractivity contribution in [3.05, 3.63) is 64.9 Å². The van der Waals surface area contributed by atoms with Gasteiger partial charge in [0.25, 0.3) is 0 Å². The van der Waals surface area contributed by atoms with Crippen LogP contribution in [0.2, 0.25) is 5.02 Å². The molecule has 9 heteroatoms. The van der Waals surface area contributed by atoms with Gasteiger partial charge in [0.2, 0.25) is 10.0 Å². The Morgan fingerprint density at radius 1 is 1.03 bits per heavy atom. The lowest BCUT2D eigenvalue weighted by Gasteiger charge is -2.29. The van der Waals surface area contributed by atoms with Crippen LogP contribution in [0.5, 0.6) is 0 Å². The second-order valence-electron chi connectivity index (χ2n) is 7.06. The van der Waals surface area contributed by atoms with Crippen LogP contribution < -0.4 is 15.4 Å². The first-order chi connectivity index (χ1) is 13.8. The van der Waals surface area contributed by atoms with Gasteiger partial charge in [-0.2, -0.15) is 0 Å². The van der Waals surface area contributed by atoms with Crippen LogP contribution >= 0.6 is 11.6 Å². The third-order valence-electron chi connectivity index (χ3n) is 4.88. The van der Waals surface area contributed by atoms with Crippen molar-refractivity contribution in [1.82, 2.24) is 15.4 Å². The number of benzene rings is 2. The van der Waals surface area contributed by atoms with E-state index in [1.54, 1.807) is 0 Å². The van der Waals surface area contributed by atoms with Gasteiger partial charge in [0, 0.05) is 18.6 Å². The summed E-state index contributed by atoms with van der Waals surface area (Å²) >= 11 is 5.68. The van der Waals surface area contributed by atoms with Crippen LogP contribution in [0.4, 0.5) is 9.18 Å². The maximum atomic E-state index is 13.3. The average molecular weight is 440 g/mol. The van der Waals surface area contributed by atoms with Gasteiger partial charge in [-0.25, -0.2) is 22.3 Å². The van der Waals surface area contributed by atoms with E-state index in [1.807, 2.05) is 30.3 Å². The molecule has 2 amide bonds. The van der Waals surface area contributed by atoms with E-state index in [0.29, 0.717) is 32.2 Å². The maximum absolute atomic E-state index is 13.3. The van der Waals surface area contributed by atoms with Crippen molar-refractivity contribution in [1.29, 1.82) is 0 Å². The van der Waals surface area contributed by atoms with Gasteiger partial charge < -0.3 is 10.6 Å². The molecule has 0 bridgehead atoms. The Kier molecular flexibility index (Phi) is 7.10. The normalized spacial score (nSPS) is 19.5. The third-order valence-corrected chi connectivity index (χ3v) is 6.69. The van der Waals surface area contributed by atoms with Gasteiger partial charge in [-0.3, -0.25) is 0 Å². The molecule has 1 fully saturated rings. The molecule has 0 aliphatic heterocycles. The monoisotopic (exact) mass is 439 g/mol. The van der Waals surface area contributed by atoms with Crippen molar-refractivity contribution in [2.24, 2.45) is 0 Å². The first-order valence-corrected chi connectivity index (χ1v) is 11.3. The molecule has 156 valence electrons. The lowest BCUT2D eigenvalue weighted by molar-refractivity contribution is 0.230. The van der Waals surface area contributed by atoms with Crippen molar-refractivity contribution in [2.45, 2.75) is 49.2 Å². The second-order valence-corrected chi connectivity index (χ2v) is 9.18. The number of amides is 2. The summed E-state index contributed by atoms with van der Waals surface area (Å²) in [7, 11) is -3.78. The van der Waals surface area contributed by atoms with Gasteiger partial charge >= 0.3 is 6.03 Å². The van der Waals surface area contributed by atoms with E-state index < -0.39 is 15.8 Å². The van der Waals surface area contributed by atoms with Gasteiger partial charge in [0.15, 0.2) is 0 Å². The van der Waals surface area contributed by atoms with Crippen LogP contribution in [-0.4, -0.2) is 26.5 Å². The Morgan fingerprint density at radius 2 is 1.69 bits per heavy atom. The van der Waals surface area contributed by atoms with Crippen LogP contribution in [0.25, 0.3) is 0 Å². The summed E-state index contributed by atoms with van der Waals surface area (Å²) in [5.41, 5.74) is 1.02. The van der Waals surface area contributed by atoms with Gasteiger partial charge in [-0.05, 0) is 49.4 Å². The number of urea groups is 1. The molecule has 2 aromatic carbocycles. The number of nitrogens with one attached hydrogen (secondary N) is 3. The van der Waals surface area contributed by atoms with Gasteiger partial charge in [-0.15, -0.1) is 0 Å². The van der Waals surface area contributed by atoms with Crippen molar-refractivity contribution in [3.8, 4) is 0 Å². The highest BCUT2D eigenvalue weighted by atomic mass is 35.5. The molecular weight excluding hydrogens is 417 g/mol. The van der Waals surface area contributed by atoms with E-state index in [2.05, 4.69) is 15.4 Å². The Labute approximate surface area is 174 Å². The zero-order valence-electron chi connectivity index (χ0n) is 15.7. The first-order valence-electron chi connectivity index (χ1n) is 9.39. The summed E-state index contributed by atoms with van der Waals surface area (Å²) in [6, 6.07) is 12.5. The molecule has 1 aliphatic rings. The number of carbonyl (C=O) groups excluding carboxylic acids is 1. The van der Waals surface area contributed by atoms with E-state index >= 15 is 0 Å². The van der Waals surface area contributed by atoms with E-state index in [1.165, 1.54) is 6.07 Å². The molecule has 0 radical (unpaired) electrons. The lowest BCUT2D eigenvalue weighted by Crippen LogP contribution is -2.46. The van der Waals surface area contributed by atoms with Gasteiger partial charge in [0.05, 0.1) is 9.92 Å². The fourth-order valence-electron chi connectivity index (χ4n) is 3.30. The summed E-state index contributed by atoms with van der Waals surface area (Å²) in [5.74, 6) is -0.664. The molecule has 2 aromatic rings. The van der Waals surface area contributed by atoms with E-state index in [-0.39, 0.29) is 28.0 Å². The number of carbonyl (C=O) groups is 1. The average Bonchev–Trinajstić information content (AvgIpc) is 2.70. The van der Waals surface area contributed by atoms with E-state index in [0.717, 1.165) is 17.7 Å². The molecule has 0 spiro atoms. The quantitative estimate of drug-likeness (QED) is 0.643. The number of rotatable bonds is 6. The van der Waals surface area contributed by atoms with Gasteiger partial charge in [0.1, 0.15) is 5.82 Å². The van der Waals surface area contributed by atoms with Crippen LogP contribution in [0.3, 0.4) is 0 Å². The number of hydrogen-bond acceptors (Lipinski definition) is 3. The van der Waals surface area contributed by atoms with E-state index in [4.69, 9.17) is 11.6 Å². The molecule has 1 saturated carbocycles. The highest BCUT2D eigenvalue weighted by Crippen LogP contribution is 2.23. The minimum Gasteiger partial charge on any atom is -0.335 e. The lowest BCUT2D eigenvalue weighted by atomic mass is 9.92. The zero-order chi connectivity index (χ0) is 20.9. The summed E-state index contributed by atoms with van der Waals surface area (Å²) in [6.07, 6.45) is 2.52. The SMILES string of the molecule is O=C(NCc1ccccc1)NC1CCC(NS(=O)(=O)c2ccc(F)c(Cl)c2)CC1. The maximum Gasteiger partial charge on any atom is 0.315 e. The first kappa shape index (κ1) is 21.5.